The lowest BCUT2D eigenvalue weighted by Gasteiger charge is -2.09. The maximum absolute atomic E-state index is 12.7. The molecule has 1 radical (unpaired) electrons. The Morgan fingerprint density at radius 1 is 0.967 bits per heavy atom. The van der Waals surface area contributed by atoms with Gasteiger partial charge in [0.1, 0.15) is 22.8 Å². The third-order valence-electron chi connectivity index (χ3n) is 5.06. The maximum Gasteiger partial charge on any atom is 0.326 e. The number of nitrogens with zero attached hydrogens (tertiary/aromatic N) is 2. The van der Waals surface area contributed by atoms with Crippen LogP contribution in [0.1, 0.15) is 11.1 Å². The van der Waals surface area contributed by atoms with Gasteiger partial charge in [-0.05, 0) is 48.4 Å². The van der Waals surface area contributed by atoms with Crippen LogP contribution in [-0.2, 0) is 6.54 Å². The van der Waals surface area contributed by atoms with Gasteiger partial charge in [-0.3, -0.25) is 4.57 Å². The van der Waals surface area contributed by atoms with Gasteiger partial charge in [-0.1, -0.05) is 42.5 Å². The molecule has 30 heavy (non-hydrogen) atoms. The lowest BCUT2D eigenvalue weighted by atomic mass is 10.1. The van der Waals surface area contributed by atoms with E-state index in [0.717, 1.165) is 39.0 Å². The van der Waals surface area contributed by atoms with Gasteiger partial charge in [-0.15, -0.1) is 0 Å². The summed E-state index contributed by atoms with van der Waals surface area (Å²) >= 11 is 0. The van der Waals surface area contributed by atoms with Crippen LogP contribution in [0.5, 0.6) is 11.5 Å². The summed E-state index contributed by atoms with van der Waals surface area (Å²) in [7, 11) is 0. The number of para-hydroxylation sites is 1. The molecule has 0 saturated carbocycles. The number of aromatic amines is 1. The van der Waals surface area contributed by atoms with E-state index in [1.165, 1.54) is 0 Å². The Morgan fingerprint density at radius 3 is 2.37 bits per heavy atom. The molecule has 0 aliphatic heterocycles. The van der Waals surface area contributed by atoms with Crippen molar-refractivity contribution in [3.8, 4) is 11.5 Å². The molecule has 0 aliphatic rings. The molecule has 3 N–H and O–H groups in total. The number of nitrogens with two attached hydrogens (primary N) is 1. The second kappa shape index (κ2) is 7.08. The number of ether oxygens (including phenoxy) is 1. The molecule has 0 atom stereocenters. The summed E-state index contributed by atoms with van der Waals surface area (Å²) in [5, 5.41) is 0.883. The minimum Gasteiger partial charge on any atom is -0.457 e. The summed E-state index contributed by atoms with van der Waals surface area (Å²) in [4.78, 5) is 19.9. The van der Waals surface area contributed by atoms with E-state index < -0.39 is 0 Å². The topological polar surface area (TPSA) is 85.9 Å². The first-order valence-electron chi connectivity index (χ1n) is 9.54. The van der Waals surface area contributed by atoms with Crippen molar-refractivity contribution >= 4 is 27.8 Å². The van der Waals surface area contributed by atoms with Crippen molar-refractivity contribution < 1.29 is 4.74 Å². The zero-order chi connectivity index (χ0) is 20.7. The van der Waals surface area contributed by atoms with Crippen molar-refractivity contribution in [3.63, 3.8) is 0 Å². The monoisotopic (exact) mass is 395 g/mol. The van der Waals surface area contributed by atoms with Crippen LogP contribution in [0.3, 0.4) is 0 Å². The second-order valence-electron chi connectivity index (χ2n) is 7.14. The van der Waals surface area contributed by atoms with Crippen molar-refractivity contribution in [2.24, 2.45) is 0 Å². The molecule has 2 heterocycles. The number of imidazole rings is 1. The van der Waals surface area contributed by atoms with E-state index in [1.54, 1.807) is 4.57 Å². The van der Waals surface area contributed by atoms with Crippen LogP contribution in [0.15, 0.2) is 77.6 Å². The highest BCUT2D eigenvalue weighted by Crippen LogP contribution is 2.27. The largest absolute Gasteiger partial charge is 0.457 e. The summed E-state index contributed by atoms with van der Waals surface area (Å²) in [6.45, 7) is 4.28. The Balaban J connectivity index is 1.49. The Bertz CT molecular complexity index is 1410. The first-order valence-corrected chi connectivity index (χ1v) is 9.54. The molecule has 0 fully saturated rings. The van der Waals surface area contributed by atoms with E-state index >= 15 is 0 Å². The molecule has 6 heteroatoms. The average Bonchev–Trinajstić information content (AvgIpc) is 3.08. The summed E-state index contributed by atoms with van der Waals surface area (Å²) in [5.74, 6) is 1.79. The van der Waals surface area contributed by atoms with E-state index in [0.29, 0.717) is 17.9 Å². The third-order valence-corrected chi connectivity index (χ3v) is 5.06. The van der Waals surface area contributed by atoms with Gasteiger partial charge in [0.15, 0.2) is 0 Å². The molecule has 5 aromatic rings. The predicted octanol–water partition coefficient (Wildman–Crippen LogP) is 4.48. The smallest absolute Gasteiger partial charge is 0.326 e. The number of nitrogens with one attached hydrogen (secondary N) is 1. The molecule has 3 aromatic carbocycles. The highest BCUT2D eigenvalue weighted by Gasteiger charge is 2.14. The van der Waals surface area contributed by atoms with Crippen LogP contribution < -0.4 is 16.2 Å². The first-order chi connectivity index (χ1) is 14.6. The minimum atomic E-state index is -0.219. The van der Waals surface area contributed by atoms with E-state index in [1.807, 2.05) is 72.8 Å². The lowest BCUT2D eigenvalue weighted by Crippen LogP contribution is -2.17. The third kappa shape index (κ3) is 3.18. The highest BCUT2D eigenvalue weighted by atomic mass is 16.5. The molecular formula is C24H19N4O2. The summed E-state index contributed by atoms with van der Waals surface area (Å²) < 4.78 is 7.56. The van der Waals surface area contributed by atoms with Crippen molar-refractivity contribution in [3.05, 3.63) is 101 Å². The van der Waals surface area contributed by atoms with Gasteiger partial charge in [0.25, 0.3) is 0 Å². The number of anilines is 1. The Kier molecular flexibility index (Phi) is 4.25. The van der Waals surface area contributed by atoms with E-state index in [-0.39, 0.29) is 5.69 Å². The molecule has 0 aliphatic carbocycles. The number of benzene rings is 3. The molecule has 0 amide bonds. The number of hydrogen-bond acceptors (Lipinski definition) is 4. The van der Waals surface area contributed by atoms with Crippen LogP contribution in [-0.4, -0.2) is 14.5 Å². The average molecular weight is 395 g/mol. The van der Waals surface area contributed by atoms with Crippen LogP contribution in [0.4, 0.5) is 5.82 Å². The van der Waals surface area contributed by atoms with Crippen LogP contribution in [0.2, 0.25) is 0 Å². The molecule has 0 spiro atoms. The molecule has 6 nitrogen and oxygen atoms in total. The normalized spacial score (nSPS) is 11.2. The van der Waals surface area contributed by atoms with E-state index in [9.17, 15) is 4.79 Å². The number of rotatable bonds is 4. The fraction of sp³-hybridized carbons (Fsp3) is 0.0417. The number of pyridine rings is 1. The molecule has 0 saturated heterocycles. The quantitative estimate of drug-likeness (QED) is 0.470. The van der Waals surface area contributed by atoms with Gasteiger partial charge >= 0.3 is 5.69 Å². The molecule has 5 rings (SSSR count). The van der Waals surface area contributed by atoms with Crippen LogP contribution in [0.25, 0.3) is 21.9 Å². The Hall–Kier alpha value is -4.06. The van der Waals surface area contributed by atoms with Gasteiger partial charge in [0, 0.05) is 5.39 Å². The SMILES string of the molecule is [CH2]c1ccc(Oc2ccc(Cn3c(=O)[nH]c4c(N)nc5ccccc5c43)cc2)cc1. The Labute approximate surface area is 172 Å². The minimum absolute atomic E-state index is 0.219. The first kappa shape index (κ1) is 18.0. The predicted molar refractivity (Wildman–Crippen MR) is 119 cm³/mol. The molecule has 0 bridgehead atoms. The van der Waals surface area contributed by atoms with Crippen molar-refractivity contribution in [1.29, 1.82) is 0 Å². The van der Waals surface area contributed by atoms with Gasteiger partial charge < -0.3 is 15.5 Å². The van der Waals surface area contributed by atoms with Crippen molar-refractivity contribution in [2.45, 2.75) is 6.54 Å². The number of fused-ring (bicyclic) bond motifs is 3. The second-order valence-corrected chi connectivity index (χ2v) is 7.14. The van der Waals surface area contributed by atoms with Gasteiger partial charge in [0.05, 0.1) is 17.6 Å². The maximum atomic E-state index is 12.7. The highest BCUT2D eigenvalue weighted by molar-refractivity contribution is 6.06. The number of nitrogen functional groups attached to an aromatic ring is 1. The zero-order valence-corrected chi connectivity index (χ0v) is 16.1. The summed E-state index contributed by atoms with van der Waals surface area (Å²) in [6.07, 6.45) is 0. The summed E-state index contributed by atoms with van der Waals surface area (Å²) in [5.41, 5.74) is 9.85. The van der Waals surface area contributed by atoms with E-state index in [2.05, 4.69) is 16.9 Å². The number of H-pyrrole nitrogens is 1. The van der Waals surface area contributed by atoms with Crippen molar-refractivity contribution in [2.75, 3.05) is 5.73 Å². The van der Waals surface area contributed by atoms with Crippen LogP contribution in [0, 0.1) is 6.92 Å². The van der Waals surface area contributed by atoms with Crippen LogP contribution >= 0.6 is 0 Å². The fourth-order valence-electron chi connectivity index (χ4n) is 3.58. The van der Waals surface area contributed by atoms with Gasteiger partial charge in [-0.25, -0.2) is 9.78 Å². The molecular weight excluding hydrogens is 376 g/mol. The fourth-order valence-corrected chi connectivity index (χ4v) is 3.58. The Morgan fingerprint density at radius 2 is 1.63 bits per heavy atom. The summed E-state index contributed by atoms with van der Waals surface area (Å²) in [6, 6.07) is 22.9. The molecule has 0 unspecified atom stereocenters. The number of hydrogen-bond donors (Lipinski definition) is 2. The van der Waals surface area contributed by atoms with E-state index in [4.69, 9.17) is 10.5 Å². The zero-order valence-electron chi connectivity index (χ0n) is 16.1. The standard InChI is InChI=1S/C24H19N4O2/c1-15-6-10-17(11-7-15)30-18-12-8-16(9-13-18)14-28-22-19-4-2-3-5-20(19)26-23(25)21(22)27-24(28)29/h2-13H,1,14H2,(H2,25,26)(H,27,29). The van der Waals surface area contributed by atoms with Gasteiger partial charge in [-0.2, -0.15) is 0 Å². The molecule has 147 valence electrons. The molecule has 2 aromatic heterocycles. The van der Waals surface area contributed by atoms with Gasteiger partial charge in [0.2, 0.25) is 0 Å². The van der Waals surface area contributed by atoms with Crippen molar-refractivity contribution in [1.82, 2.24) is 14.5 Å². The lowest BCUT2D eigenvalue weighted by molar-refractivity contribution is 0.482. The number of aromatic nitrogens is 3.